The molecule has 0 aliphatic heterocycles. The largest absolute Gasteiger partial charge is 0.309 e. The second kappa shape index (κ2) is 8.29. The summed E-state index contributed by atoms with van der Waals surface area (Å²) in [5, 5.41) is 2.39. The Labute approximate surface area is 155 Å². The molecule has 0 atom stereocenters. The zero-order valence-corrected chi connectivity index (χ0v) is 15.9. The molecule has 3 aromatic carbocycles. The molecule has 0 radical (unpaired) electrons. The molecule has 0 saturated heterocycles. The van der Waals surface area contributed by atoms with Crippen LogP contribution in [0.15, 0.2) is 84.9 Å². The Morgan fingerprint density at radius 2 is 1.31 bits per heavy atom. The fourth-order valence-electron chi connectivity index (χ4n) is 3.18. The number of carbonyl (C=O) groups is 1. The Balaban J connectivity index is 2.09. The summed E-state index contributed by atoms with van der Waals surface area (Å²) in [5.74, 6) is 0.221. The number of hydrogen-bond acceptors (Lipinski definition) is 2. The van der Waals surface area contributed by atoms with Crippen molar-refractivity contribution in [3.63, 3.8) is 0 Å². The van der Waals surface area contributed by atoms with Crippen LogP contribution in [0.3, 0.4) is 0 Å². The number of rotatable bonds is 7. The van der Waals surface area contributed by atoms with Crippen LogP contribution in [0.5, 0.6) is 0 Å². The minimum absolute atomic E-state index is 0.221. The van der Waals surface area contributed by atoms with E-state index >= 15 is 0 Å². The van der Waals surface area contributed by atoms with Crippen molar-refractivity contribution in [3.05, 3.63) is 90.5 Å². The first-order valence-corrected chi connectivity index (χ1v) is 10.7. The maximum Gasteiger partial charge on any atom is 0.171 e. The number of Topliss-reactive ketones (excluding diaryl/α,β-unsaturated/α-hetero) is 1. The first-order valence-electron chi connectivity index (χ1n) is 8.97. The SMILES string of the molecule is CCCC(=O)Cc1cccc(P(=O)(c2ccccc2)c2ccccc2)c1. The van der Waals surface area contributed by atoms with Crippen LogP contribution >= 0.6 is 7.14 Å². The summed E-state index contributed by atoms with van der Waals surface area (Å²) in [4.78, 5) is 12.0. The van der Waals surface area contributed by atoms with Gasteiger partial charge in [-0.1, -0.05) is 85.8 Å². The molecule has 0 aromatic heterocycles. The maximum atomic E-state index is 14.3. The Bertz CT molecular complexity index is 874. The van der Waals surface area contributed by atoms with Gasteiger partial charge < -0.3 is 4.57 Å². The quantitative estimate of drug-likeness (QED) is 0.589. The highest BCUT2D eigenvalue weighted by Gasteiger charge is 2.29. The topological polar surface area (TPSA) is 34.1 Å². The van der Waals surface area contributed by atoms with E-state index in [4.69, 9.17) is 0 Å². The molecule has 0 aliphatic rings. The molecule has 0 N–H and O–H groups in total. The number of ketones is 1. The van der Waals surface area contributed by atoms with E-state index in [1.165, 1.54) is 0 Å². The molecule has 0 spiro atoms. The van der Waals surface area contributed by atoms with E-state index in [2.05, 4.69) is 0 Å². The Hall–Kier alpha value is -2.44. The highest BCUT2D eigenvalue weighted by atomic mass is 31.2. The lowest BCUT2D eigenvalue weighted by Gasteiger charge is -2.20. The van der Waals surface area contributed by atoms with Crippen LogP contribution in [-0.2, 0) is 15.8 Å². The van der Waals surface area contributed by atoms with Gasteiger partial charge in [-0.05, 0) is 18.1 Å². The van der Waals surface area contributed by atoms with E-state index in [0.717, 1.165) is 27.9 Å². The lowest BCUT2D eigenvalue weighted by molar-refractivity contribution is -0.118. The van der Waals surface area contributed by atoms with Crippen LogP contribution in [-0.4, -0.2) is 5.78 Å². The summed E-state index contributed by atoms with van der Waals surface area (Å²) >= 11 is 0. The van der Waals surface area contributed by atoms with Gasteiger partial charge in [0, 0.05) is 28.8 Å². The van der Waals surface area contributed by atoms with E-state index in [1.807, 2.05) is 91.9 Å². The molecule has 0 unspecified atom stereocenters. The van der Waals surface area contributed by atoms with Crippen LogP contribution in [0.4, 0.5) is 0 Å². The Morgan fingerprint density at radius 3 is 1.85 bits per heavy atom. The average Bonchev–Trinajstić information content (AvgIpc) is 2.69. The molecule has 3 rings (SSSR count). The van der Waals surface area contributed by atoms with Crippen LogP contribution in [0.25, 0.3) is 0 Å². The van der Waals surface area contributed by atoms with E-state index in [9.17, 15) is 9.36 Å². The zero-order chi connectivity index (χ0) is 18.4. The van der Waals surface area contributed by atoms with Crippen molar-refractivity contribution in [2.45, 2.75) is 26.2 Å². The summed E-state index contributed by atoms with van der Waals surface area (Å²) in [5.41, 5.74) is 0.924. The van der Waals surface area contributed by atoms with Crippen molar-refractivity contribution in [2.75, 3.05) is 0 Å². The van der Waals surface area contributed by atoms with Gasteiger partial charge in [0.15, 0.2) is 7.14 Å². The van der Waals surface area contributed by atoms with E-state index in [1.54, 1.807) is 0 Å². The third kappa shape index (κ3) is 3.86. The van der Waals surface area contributed by atoms with Crippen LogP contribution < -0.4 is 15.9 Å². The van der Waals surface area contributed by atoms with Crippen molar-refractivity contribution >= 4 is 28.8 Å². The highest BCUT2D eigenvalue weighted by Crippen LogP contribution is 2.42. The second-order valence-electron chi connectivity index (χ2n) is 6.42. The van der Waals surface area contributed by atoms with Gasteiger partial charge in [-0.25, -0.2) is 0 Å². The summed E-state index contributed by atoms with van der Waals surface area (Å²) in [7, 11) is -2.97. The molecule has 132 valence electrons. The van der Waals surface area contributed by atoms with E-state index < -0.39 is 7.14 Å². The normalized spacial score (nSPS) is 11.3. The monoisotopic (exact) mass is 362 g/mol. The third-order valence-corrected chi connectivity index (χ3v) is 7.50. The molecule has 0 saturated carbocycles. The summed E-state index contributed by atoms with van der Waals surface area (Å²) in [6, 6.07) is 26.9. The predicted octanol–water partition coefficient (Wildman–Crippen LogP) is 4.24. The summed E-state index contributed by atoms with van der Waals surface area (Å²) in [6.45, 7) is 2.01. The zero-order valence-electron chi connectivity index (χ0n) is 15.0. The fourth-order valence-corrected chi connectivity index (χ4v) is 5.90. The second-order valence-corrected chi connectivity index (χ2v) is 9.18. The van der Waals surface area contributed by atoms with Gasteiger partial charge in [0.25, 0.3) is 0 Å². The van der Waals surface area contributed by atoms with Crippen LogP contribution in [0, 0.1) is 0 Å². The van der Waals surface area contributed by atoms with Gasteiger partial charge in [0.1, 0.15) is 5.78 Å². The first kappa shape index (κ1) is 18.4. The molecule has 0 heterocycles. The molecule has 0 fully saturated rings. The molecule has 0 aliphatic carbocycles. The number of benzene rings is 3. The molecule has 26 heavy (non-hydrogen) atoms. The lowest BCUT2D eigenvalue weighted by Crippen LogP contribution is -2.25. The van der Waals surface area contributed by atoms with Crippen molar-refractivity contribution in [1.29, 1.82) is 0 Å². The van der Waals surface area contributed by atoms with Crippen LogP contribution in [0.2, 0.25) is 0 Å². The van der Waals surface area contributed by atoms with Gasteiger partial charge in [0.2, 0.25) is 0 Å². The molecule has 0 amide bonds. The van der Waals surface area contributed by atoms with Gasteiger partial charge in [-0.15, -0.1) is 0 Å². The predicted molar refractivity (Wildman–Crippen MR) is 109 cm³/mol. The average molecular weight is 362 g/mol. The fraction of sp³-hybridized carbons (Fsp3) is 0.174. The minimum atomic E-state index is -2.97. The first-order chi connectivity index (χ1) is 12.6. The lowest BCUT2D eigenvalue weighted by atomic mass is 10.1. The van der Waals surface area contributed by atoms with Gasteiger partial charge in [0.05, 0.1) is 0 Å². The van der Waals surface area contributed by atoms with Crippen molar-refractivity contribution in [2.24, 2.45) is 0 Å². The van der Waals surface area contributed by atoms with E-state index in [0.29, 0.717) is 12.8 Å². The van der Waals surface area contributed by atoms with Gasteiger partial charge >= 0.3 is 0 Å². The van der Waals surface area contributed by atoms with Gasteiger partial charge in [-0.2, -0.15) is 0 Å². The number of hydrogen-bond donors (Lipinski definition) is 0. The Kier molecular flexibility index (Phi) is 5.85. The van der Waals surface area contributed by atoms with Crippen LogP contribution in [0.1, 0.15) is 25.3 Å². The third-order valence-electron chi connectivity index (χ3n) is 4.44. The van der Waals surface area contributed by atoms with Crippen molar-refractivity contribution in [3.8, 4) is 0 Å². The molecular formula is C23H23O2P. The minimum Gasteiger partial charge on any atom is -0.309 e. The van der Waals surface area contributed by atoms with Gasteiger partial charge in [-0.3, -0.25) is 4.79 Å². The maximum absolute atomic E-state index is 14.3. The van der Waals surface area contributed by atoms with Crippen molar-refractivity contribution < 1.29 is 9.36 Å². The van der Waals surface area contributed by atoms with Crippen molar-refractivity contribution in [1.82, 2.24) is 0 Å². The molecule has 3 aromatic rings. The highest BCUT2D eigenvalue weighted by molar-refractivity contribution is 7.85. The molecular weight excluding hydrogens is 339 g/mol. The molecule has 0 bridgehead atoms. The smallest absolute Gasteiger partial charge is 0.171 e. The molecule has 2 nitrogen and oxygen atoms in total. The summed E-state index contributed by atoms with van der Waals surface area (Å²) < 4.78 is 14.3. The van der Waals surface area contributed by atoms with E-state index in [-0.39, 0.29) is 5.78 Å². The standard InChI is InChI=1S/C23H23O2P/c1-2-10-20(24)17-19-11-9-16-23(18-19)26(25,21-12-5-3-6-13-21)22-14-7-4-8-15-22/h3-9,11-16,18H,2,10,17H2,1H3. The number of carbonyl (C=O) groups excluding carboxylic acids is 1. The Morgan fingerprint density at radius 1 is 0.769 bits per heavy atom. The summed E-state index contributed by atoms with van der Waals surface area (Å²) in [6.07, 6.45) is 1.83. The molecule has 3 heteroatoms.